The molecule has 5 nitrogen and oxygen atoms in total. The maximum absolute atomic E-state index is 12.2. The fourth-order valence-corrected chi connectivity index (χ4v) is 4.01. The highest BCUT2D eigenvalue weighted by Gasteiger charge is 2.31. The molecule has 1 aliphatic carbocycles. The van der Waals surface area contributed by atoms with Gasteiger partial charge in [-0.1, -0.05) is 11.6 Å². The van der Waals surface area contributed by atoms with Gasteiger partial charge in [-0.15, -0.1) is 0 Å². The number of amides is 3. The number of nitrogens with zero attached hydrogens (tertiary/aromatic N) is 2. The molecule has 5 heteroatoms. The molecule has 23 heavy (non-hydrogen) atoms. The maximum Gasteiger partial charge on any atom is 0.317 e. The molecule has 0 unspecified atom stereocenters. The minimum absolute atomic E-state index is 0.0626. The molecule has 2 fully saturated rings. The molecule has 0 aromatic heterocycles. The number of likely N-dealkylation sites (tertiary alicyclic amines) is 2. The minimum atomic E-state index is 0.0626. The number of carbonyl (C=O) groups is 2. The van der Waals surface area contributed by atoms with Gasteiger partial charge in [-0.05, 0) is 51.4 Å². The molecule has 2 saturated heterocycles. The highest BCUT2D eigenvalue weighted by molar-refractivity contribution is 5.78. The molecule has 128 valence electrons. The van der Waals surface area contributed by atoms with Gasteiger partial charge in [-0.25, -0.2) is 4.79 Å². The van der Waals surface area contributed by atoms with Gasteiger partial charge < -0.3 is 15.1 Å². The first-order valence-corrected chi connectivity index (χ1v) is 9.24. The van der Waals surface area contributed by atoms with Crippen LogP contribution in [-0.2, 0) is 4.79 Å². The highest BCUT2D eigenvalue weighted by atomic mass is 16.2. The van der Waals surface area contributed by atoms with Crippen molar-refractivity contribution in [2.75, 3.05) is 26.2 Å². The summed E-state index contributed by atoms with van der Waals surface area (Å²) >= 11 is 0. The van der Waals surface area contributed by atoms with Crippen LogP contribution in [0.1, 0.15) is 57.8 Å². The zero-order valence-corrected chi connectivity index (χ0v) is 14.1. The third kappa shape index (κ3) is 4.27. The Hall–Kier alpha value is -1.52. The lowest BCUT2D eigenvalue weighted by Gasteiger charge is -2.36. The van der Waals surface area contributed by atoms with Crippen LogP contribution in [0, 0.1) is 0 Å². The molecule has 3 aliphatic rings. The largest absolute Gasteiger partial charge is 0.340 e. The molecule has 2 heterocycles. The maximum atomic E-state index is 12.2. The van der Waals surface area contributed by atoms with E-state index in [0.717, 1.165) is 51.9 Å². The Bertz CT molecular complexity index is 467. The Morgan fingerprint density at radius 1 is 1.13 bits per heavy atom. The summed E-state index contributed by atoms with van der Waals surface area (Å²) in [5.74, 6) is 0.300. The van der Waals surface area contributed by atoms with Crippen LogP contribution in [0.5, 0.6) is 0 Å². The van der Waals surface area contributed by atoms with Crippen molar-refractivity contribution in [3.8, 4) is 0 Å². The van der Waals surface area contributed by atoms with Gasteiger partial charge in [0.1, 0.15) is 0 Å². The zero-order chi connectivity index (χ0) is 16.1. The SMILES string of the molecule is O=C(NCCC1=CCCCC1)N1CCC(N2CCCC2=O)CC1. The van der Waals surface area contributed by atoms with E-state index in [2.05, 4.69) is 11.4 Å². The minimum Gasteiger partial charge on any atom is -0.340 e. The van der Waals surface area contributed by atoms with Crippen molar-refractivity contribution in [3.63, 3.8) is 0 Å². The van der Waals surface area contributed by atoms with Gasteiger partial charge in [0, 0.05) is 38.6 Å². The Labute approximate surface area is 139 Å². The first-order chi connectivity index (χ1) is 11.2. The Morgan fingerprint density at radius 2 is 1.96 bits per heavy atom. The van der Waals surface area contributed by atoms with E-state index in [0.29, 0.717) is 18.4 Å². The molecule has 0 aromatic rings. The van der Waals surface area contributed by atoms with Gasteiger partial charge in [0.2, 0.25) is 5.91 Å². The van der Waals surface area contributed by atoms with Gasteiger partial charge in [0.15, 0.2) is 0 Å². The van der Waals surface area contributed by atoms with Crippen LogP contribution in [0.2, 0.25) is 0 Å². The van der Waals surface area contributed by atoms with Crippen LogP contribution >= 0.6 is 0 Å². The number of piperidine rings is 1. The topological polar surface area (TPSA) is 52.7 Å². The second kappa shape index (κ2) is 7.84. The van der Waals surface area contributed by atoms with Gasteiger partial charge in [0.25, 0.3) is 0 Å². The fourth-order valence-electron chi connectivity index (χ4n) is 4.01. The van der Waals surface area contributed by atoms with E-state index in [-0.39, 0.29) is 6.03 Å². The average molecular weight is 319 g/mol. The normalized spacial score (nSPS) is 23.1. The number of nitrogens with one attached hydrogen (secondary N) is 1. The summed E-state index contributed by atoms with van der Waals surface area (Å²) in [4.78, 5) is 28.0. The van der Waals surface area contributed by atoms with E-state index >= 15 is 0 Å². The van der Waals surface area contributed by atoms with Crippen molar-refractivity contribution in [1.82, 2.24) is 15.1 Å². The smallest absolute Gasteiger partial charge is 0.317 e. The van der Waals surface area contributed by atoms with Crippen LogP contribution in [0.25, 0.3) is 0 Å². The lowest BCUT2D eigenvalue weighted by molar-refractivity contribution is -0.130. The molecule has 0 aromatic carbocycles. The molecular formula is C18H29N3O2. The predicted octanol–water partition coefficient (Wildman–Crippen LogP) is 2.67. The van der Waals surface area contributed by atoms with Crippen molar-refractivity contribution in [1.29, 1.82) is 0 Å². The Kier molecular flexibility index (Phi) is 5.57. The van der Waals surface area contributed by atoms with E-state index in [1.54, 1.807) is 0 Å². The number of carbonyl (C=O) groups excluding carboxylic acids is 2. The molecule has 0 saturated carbocycles. The Balaban J connectivity index is 1.36. The van der Waals surface area contributed by atoms with Crippen molar-refractivity contribution in [3.05, 3.63) is 11.6 Å². The van der Waals surface area contributed by atoms with Gasteiger partial charge in [0.05, 0.1) is 0 Å². The van der Waals surface area contributed by atoms with Crippen molar-refractivity contribution in [2.24, 2.45) is 0 Å². The third-order valence-corrected chi connectivity index (χ3v) is 5.41. The fraction of sp³-hybridized carbons (Fsp3) is 0.778. The quantitative estimate of drug-likeness (QED) is 0.810. The second-order valence-electron chi connectivity index (χ2n) is 7.00. The number of hydrogen-bond acceptors (Lipinski definition) is 2. The summed E-state index contributed by atoms with van der Waals surface area (Å²) in [5.41, 5.74) is 1.50. The molecule has 0 atom stereocenters. The summed E-state index contributed by atoms with van der Waals surface area (Å²) in [5, 5.41) is 3.06. The van der Waals surface area contributed by atoms with Crippen molar-refractivity contribution < 1.29 is 9.59 Å². The first kappa shape index (κ1) is 16.3. The third-order valence-electron chi connectivity index (χ3n) is 5.41. The first-order valence-electron chi connectivity index (χ1n) is 9.24. The molecule has 3 amide bonds. The summed E-state index contributed by atoms with van der Waals surface area (Å²) in [7, 11) is 0. The zero-order valence-electron chi connectivity index (χ0n) is 14.1. The number of urea groups is 1. The molecular weight excluding hydrogens is 290 g/mol. The van der Waals surface area contributed by atoms with Crippen molar-refractivity contribution in [2.45, 2.75) is 63.8 Å². The molecule has 0 spiro atoms. The van der Waals surface area contributed by atoms with E-state index in [1.165, 1.54) is 31.3 Å². The van der Waals surface area contributed by atoms with E-state index < -0.39 is 0 Å². The van der Waals surface area contributed by atoms with Crippen molar-refractivity contribution >= 4 is 11.9 Å². The predicted molar refractivity (Wildman–Crippen MR) is 90.1 cm³/mol. The van der Waals surface area contributed by atoms with Crippen LogP contribution in [0.15, 0.2) is 11.6 Å². The molecule has 0 bridgehead atoms. The molecule has 1 N–H and O–H groups in total. The standard InChI is InChI=1S/C18H29N3O2/c22-17-7-4-12-21(17)16-9-13-20(14-10-16)18(23)19-11-8-15-5-2-1-3-6-15/h5,16H,1-4,6-14H2,(H,19,23). The molecule has 0 radical (unpaired) electrons. The highest BCUT2D eigenvalue weighted by Crippen LogP contribution is 2.22. The van der Waals surface area contributed by atoms with Crippen LogP contribution in [0.4, 0.5) is 4.79 Å². The number of rotatable bonds is 4. The average Bonchev–Trinajstić information content (AvgIpc) is 3.02. The lowest BCUT2D eigenvalue weighted by atomic mass is 9.97. The van der Waals surface area contributed by atoms with Gasteiger partial charge >= 0.3 is 6.03 Å². The molecule has 2 aliphatic heterocycles. The second-order valence-corrected chi connectivity index (χ2v) is 7.00. The van der Waals surface area contributed by atoms with Crippen LogP contribution in [-0.4, -0.2) is 54.0 Å². The summed E-state index contributed by atoms with van der Waals surface area (Å²) in [6, 6.07) is 0.411. The Morgan fingerprint density at radius 3 is 2.61 bits per heavy atom. The lowest BCUT2D eigenvalue weighted by Crippen LogP contribution is -2.50. The molecule has 3 rings (SSSR count). The summed E-state index contributed by atoms with van der Waals surface area (Å²) < 4.78 is 0. The van der Waals surface area contributed by atoms with Gasteiger partial charge in [-0.3, -0.25) is 4.79 Å². The summed E-state index contributed by atoms with van der Waals surface area (Å²) in [6.45, 7) is 3.19. The van der Waals surface area contributed by atoms with Crippen LogP contribution < -0.4 is 5.32 Å². The number of allylic oxidation sites excluding steroid dienone is 1. The number of hydrogen-bond donors (Lipinski definition) is 1. The van der Waals surface area contributed by atoms with Gasteiger partial charge in [-0.2, -0.15) is 0 Å². The van der Waals surface area contributed by atoms with Crippen LogP contribution in [0.3, 0.4) is 0 Å². The van der Waals surface area contributed by atoms with E-state index in [9.17, 15) is 9.59 Å². The monoisotopic (exact) mass is 319 g/mol. The summed E-state index contributed by atoms with van der Waals surface area (Å²) in [6.07, 6.45) is 11.9. The van der Waals surface area contributed by atoms with E-state index in [1.807, 2.05) is 9.80 Å². The van der Waals surface area contributed by atoms with E-state index in [4.69, 9.17) is 0 Å².